The monoisotopic (exact) mass is 395 g/mol. The molecular formula is C22H25N3O4. The lowest BCUT2D eigenvalue weighted by Gasteiger charge is -2.20. The first-order valence-corrected chi connectivity index (χ1v) is 9.51. The number of ether oxygens (including phenoxy) is 2. The summed E-state index contributed by atoms with van der Waals surface area (Å²) in [5, 5.41) is 4.02. The van der Waals surface area contributed by atoms with Gasteiger partial charge in [0.15, 0.2) is 11.5 Å². The lowest BCUT2D eigenvalue weighted by atomic mass is 10.2. The number of benzene rings is 2. The minimum absolute atomic E-state index is 0.0576. The molecule has 0 N–H and O–H groups in total. The van der Waals surface area contributed by atoms with E-state index >= 15 is 0 Å². The molecule has 7 nitrogen and oxygen atoms in total. The van der Waals surface area contributed by atoms with E-state index in [1.807, 2.05) is 48.2 Å². The second-order valence-corrected chi connectivity index (χ2v) is 6.47. The molecule has 0 aliphatic carbocycles. The van der Waals surface area contributed by atoms with Gasteiger partial charge in [0.05, 0.1) is 14.2 Å². The molecule has 0 fully saturated rings. The van der Waals surface area contributed by atoms with Crippen LogP contribution >= 0.6 is 0 Å². The molecule has 0 unspecified atom stereocenters. The van der Waals surface area contributed by atoms with Gasteiger partial charge < -0.3 is 18.9 Å². The van der Waals surface area contributed by atoms with Crippen LogP contribution in [0.1, 0.15) is 24.8 Å². The van der Waals surface area contributed by atoms with Gasteiger partial charge in [0, 0.05) is 31.5 Å². The van der Waals surface area contributed by atoms with Crippen LogP contribution in [0, 0.1) is 0 Å². The van der Waals surface area contributed by atoms with Crippen molar-refractivity contribution in [2.24, 2.45) is 0 Å². The topological polar surface area (TPSA) is 77.7 Å². The van der Waals surface area contributed by atoms with Crippen LogP contribution in [-0.4, -0.2) is 41.7 Å². The summed E-state index contributed by atoms with van der Waals surface area (Å²) in [5.74, 6) is 2.15. The van der Waals surface area contributed by atoms with Crippen LogP contribution in [0.5, 0.6) is 11.5 Å². The van der Waals surface area contributed by atoms with Crippen LogP contribution < -0.4 is 9.47 Å². The first-order chi connectivity index (χ1) is 14.1. The van der Waals surface area contributed by atoms with Crippen molar-refractivity contribution < 1.29 is 18.8 Å². The number of hydrogen-bond acceptors (Lipinski definition) is 6. The van der Waals surface area contributed by atoms with Gasteiger partial charge in [-0.1, -0.05) is 35.5 Å². The third-order valence-electron chi connectivity index (χ3n) is 4.61. The van der Waals surface area contributed by atoms with E-state index in [9.17, 15) is 4.79 Å². The molecule has 29 heavy (non-hydrogen) atoms. The van der Waals surface area contributed by atoms with E-state index in [1.54, 1.807) is 26.4 Å². The summed E-state index contributed by atoms with van der Waals surface area (Å²) in [6.45, 7) is 3.22. The Balaban J connectivity index is 1.62. The number of aryl methyl sites for hydroxylation is 1. The molecule has 1 heterocycles. The molecular weight excluding hydrogens is 370 g/mol. The molecule has 1 amide bonds. The number of carbonyl (C=O) groups excluding carboxylic acids is 1. The quantitative estimate of drug-likeness (QED) is 0.549. The van der Waals surface area contributed by atoms with Crippen molar-refractivity contribution in [1.82, 2.24) is 15.0 Å². The second kappa shape index (κ2) is 9.73. The summed E-state index contributed by atoms with van der Waals surface area (Å²) in [5.41, 5.74) is 1.86. The molecule has 0 bridgehead atoms. The fourth-order valence-electron chi connectivity index (χ4n) is 3.00. The Hall–Kier alpha value is -3.35. The fraction of sp³-hybridized carbons (Fsp3) is 0.318. The number of methoxy groups -OCH3 is 2. The van der Waals surface area contributed by atoms with Crippen molar-refractivity contribution in [1.29, 1.82) is 0 Å². The minimum Gasteiger partial charge on any atom is -0.493 e. The van der Waals surface area contributed by atoms with E-state index in [-0.39, 0.29) is 5.91 Å². The maximum atomic E-state index is 12.6. The normalized spacial score (nSPS) is 10.6. The maximum absolute atomic E-state index is 12.6. The number of hydrogen-bond donors (Lipinski definition) is 0. The molecule has 7 heteroatoms. The number of carbonyl (C=O) groups is 1. The highest BCUT2D eigenvalue weighted by Gasteiger charge is 2.16. The lowest BCUT2D eigenvalue weighted by molar-refractivity contribution is -0.131. The van der Waals surface area contributed by atoms with Crippen LogP contribution in [-0.2, 0) is 17.8 Å². The number of aromatic nitrogens is 2. The Labute approximate surface area is 170 Å². The van der Waals surface area contributed by atoms with Crippen molar-refractivity contribution in [2.45, 2.75) is 26.3 Å². The zero-order chi connectivity index (χ0) is 20.6. The van der Waals surface area contributed by atoms with Gasteiger partial charge in [-0.25, -0.2) is 0 Å². The van der Waals surface area contributed by atoms with Crippen molar-refractivity contribution in [3.63, 3.8) is 0 Å². The van der Waals surface area contributed by atoms with E-state index in [4.69, 9.17) is 14.0 Å². The minimum atomic E-state index is 0.0576. The van der Waals surface area contributed by atoms with Gasteiger partial charge >= 0.3 is 0 Å². The molecule has 2 aromatic carbocycles. The molecule has 0 spiro atoms. The fourth-order valence-corrected chi connectivity index (χ4v) is 3.00. The van der Waals surface area contributed by atoms with Gasteiger partial charge in [-0.05, 0) is 30.7 Å². The molecule has 3 aromatic rings. The summed E-state index contributed by atoms with van der Waals surface area (Å²) in [6.07, 6.45) is 0.707. The average molecular weight is 395 g/mol. The Morgan fingerprint density at radius 3 is 2.52 bits per heavy atom. The zero-order valence-electron chi connectivity index (χ0n) is 16.9. The van der Waals surface area contributed by atoms with Crippen molar-refractivity contribution in [2.75, 3.05) is 20.8 Å². The third kappa shape index (κ3) is 5.13. The van der Waals surface area contributed by atoms with Gasteiger partial charge in [0.2, 0.25) is 17.6 Å². The van der Waals surface area contributed by atoms with E-state index in [0.29, 0.717) is 49.1 Å². The third-order valence-corrected chi connectivity index (χ3v) is 4.61. The Bertz CT molecular complexity index is 940. The van der Waals surface area contributed by atoms with Gasteiger partial charge in [-0.2, -0.15) is 4.98 Å². The molecule has 1 aromatic heterocycles. The highest BCUT2D eigenvalue weighted by Crippen LogP contribution is 2.31. The van der Waals surface area contributed by atoms with Gasteiger partial charge in [-0.15, -0.1) is 0 Å². The Morgan fingerprint density at radius 2 is 1.83 bits per heavy atom. The number of amides is 1. The number of rotatable bonds is 9. The molecule has 0 aliphatic rings. The first-order valence-electron chi connectivity index (χ1n) is 9.51. The summed E-state index contributed by atoms with van der Waals surface area (Å²) in [6, 6.07) is 15.4. The smallest absolute Gasteiger partial charge is 0.227 e. The molecule has 0 atom stereocenters. The van der Waals surface area contributed by atoms with Crippen LogP contribution in [0.2, 0.25) is 0 Å². The lowest BCUT2D eigenvalue weighted by Crippen LogP contribution is -2.30. The summed E-state index contributed by atoms with van der Waals surface area (Å²) in [7, 11) is 3.15. The van der Waals surface area contributed by atoms with Crippen LogP contribution in [0.4, 0.5) is 0 Å². The standard InChI is InChI=1S/C22H25N3O4/c1-4-25(15-16-8-6-5-7-9-16)21(26)13-12-20-23-22(24-29-20)17-10-11-18(27-2)19(14-17)28-3/h5-11,14H,4,12-13,15H2,1-3H3. The first kappa shape index (κ1) is 20.4. The van der Waals surface area contributed by atoms with Crippen LogP contribution in [0.3, 0.4) is 0 Å². The number of nitrogens with zero attached hydrogens (tertiary/aromatic N) is 3. The molecule has 0 saturated heterocycles. The van der Waals surface area contributed by atoms with Crippen LogP contribution in [0.15, 0.2) is 53.1 Å². The van der Waals surface area contributed by atoms with E-state index in [1.165, 1.54) is 0 Å². The van der Waals surface area contributed by atoms with Crippen molar-refractivity contribution >= 4 is 5.91 Å². The molecule has 0 radical (unpaired) electrons. The summed E-state index contributed by atoms with van der Waals surface area (Å²) in [4.78, 5) is 18.8. The zero-order valence-corrected chi connectivity index (χ0v) is 16.9. The van der Waals surface area contributed by atoms with E-state index in [2.05, 4.69) is 10.1 Å². The molecule has 152 valence electrons. The predicted octanol–water partition coefficient (Wildman–Crippen LogP) is 3.74. The Morgan fingerprint density at radius 1 is 1.07 bits per heavy atom. The van der Waals surface area contributed by atoms with Crippen molar-refractivity contribution in [3.05, 3.63) is 60.0 Å². The molecule has 0 aliphatic heterocycles. The summed E-state index contributed by atoms with van der Waals surface area (Å²) < 4.78 is 15.9. The van der Waals surface area contributed by atoms with Crippen molar-refractivity contribution in [3.8, 4) is 22.9 Å². The predicted molar refractivity (Wildman–Crippen MR) is 109 cm³/mol. The van der Waals surface area contributed by atoms with Gasteiger partial charge in [-0.3, -0.25) is 4.79 Å². The van der Waals surface area contributed by atoms with E-state index < -0.39 is 0 Å². The maximum Gasteiger partial charge on any atom is 0.227 e. The average Bonchev–Trinajstić information content (AvgIpc) is 3.25. The SMILES string of the molecule is CCN(Cc1ccccc1)C(=O)CCc1nc(-c2ccc(OC)c(OC)c2)no1. The van der Waals surface area contributed by atoms with Gasteiger partial charge in [0.1, 0.15) is 0 Å². The summed E-state index contributed by atoms with van der Waals surface area (Å²) >= 11 is 0. The van der Waals surface area contributed by atoms with Crippen LogP contribution in [0.25, 0.3) is 11.4 Å². The highest BCUT2D eigenvalue weighted by molar-refractivity contribution is 5.76. The molecule has 3 rings (SSSR count). The highest BCUT2D eigenvalue weighted by atomic mass is 16.5. The largest absolute Gasteiger partial charge is 0.493 e. The molecule has 0 saturated carbocycles. The van der Waals surface area contributed by atoms with E-state index in [0.717, 1.165) is 11.1 Å². The van der Waals surface area contributed by atoms with Gasteiger partial charge in [0.25, 0.3) is 0 Å². The second-order valence-electron chi connectivity index (χ2n) is 6.47. The Kier molecular flexibility index (Phi) is 6.84.